The second-order valence-corrected chi connectivity index (χ2v) is 6.69. The molecule has 0 unspecified atom stereocenters. The average molecular weight is 368 g/mol. The van der Waals surface area contributed by atoms with Crippen LogP contribution in [-0.2, 0) is 4.79 Å². The molecule has 2 amide bonds. The van der Waals surface area contributed by atoms with Gasteiger partial charge < -0.3 is 16.4 Å². The zero-order valence-electron chi connectivity index (χ0n) is 13.6. The molecule has 24 heavy (non-hydrogen) atoms. The molecule has 0 aliphatic rings. The summed E-state index contributed by atoms with van der Waals surface area (Å²) in [6.45, 7) is 4.04. The Balaban J connectivity index is 0.00000288. The lowest BCUT2D eigenvalue weighted by atomic mass is 10.0. The monoisotopic (exact) mass is 367 g/mol. The lowest BCUT2D eigenvalue weighted by Gasteiger charge is -2.14. The van der Waals surface area contributed by atoms with Gasteiger partial charge in [0.2, 0.25) is 5.91 Å². The van der Waals surface area contributed by atoms with Crippen molar-refractivity contribution in [1.82, 2.24) is 0 Å². The largest absolute Gasteiger partial charge is 0.325 e. The Kier molecular flexibility index (Phi) is 7.91. The number of carbonyl (C=O) groups is 2. The van der Waals surface area contributed by atoms with Gasteiger partial charge >= 0.3 is 0 Å². The van der Waals surface area contributed by atoms with Gasteiger partial charge in [-0.25, -0.2) is 0 Å². The summed E-state index contributed by atoms with van der Waals surface area (Å²) in [5.41, 5.74) is 7.10. The van der Waals surface area contributed by atoms with Gasteiger partial charge in [0.05, 0.1) is 10.9 Å². The molecule has 1 aromatic heterocycles. The van der Waals surface area contributed by atoms with Crippen molar-refractivity contribution in [2.45, 2.75) is 26.3 Å². The molecule has 1 atom stereocenters. The van der Waals surface area contributed by atoms with Crippen molar-refractivity contribution in [2.24, 2.45) is 11.7 Å². The van der Waals surface area contributed by atoms with Crippen molar-refractivity contribution >= 4 is 46.9 Å². The fourth-order valence-corrected chi connectivity index (χ4v) is 2.74. The highest BCUT2D eigenvalue weighted by molar-refractivity contribution is 7.12. The Morgan fingerprint density at radius 2 is 1.79 bits per heavy atom. The van der Waals surface area contributed by atoms with E-state index >= 15 is 0 Å². The summed E-state index contributed by atoms with van der Waals surface area (Å²) in [6.07, 6.45) is 0.626. The molecular weight excluding hydrogens is 346 g/mol. The van der Waals surface area contributed by atoms with E-state index in [0.717, 1.165) is 0 Å². The van der Waals surface area contributed by atoms with Gasteiger partial charge in [-0.2, -0.15) is 0 Å². The Morgan fingerprint density at radius 1 is 1.12 bits per heavy atom. The van der Waals surface area contributed by atoms with Crippen molar-refractivity contribution in [3.8, 4) is 0 Å². The van der Waals surface area contributed by atoms with E-state index in [1.807, 2.05) is 25.3 Å². The van der Waals surface area contributed by atoms with Crippen LogP contribution in [0.1, 0.15) is 29.9 Å². The van der Waals surface area contributed by atoms with E-state index in [-0.39, 0.29) is 24.2 Å². The number of hydrogen-bond acceptors (Lipinski definition) is 4. The summed E-state index contributed by atoms with van der Waals surface area (Å²) in [5.74, 6) is -0.0346. The highest BCUT2D eigenvalue weighted by Crippen LogP contribution is 2.18. The number of hydrogen-bond donors (Lipinski definition) is 3. The minimum absolute atomic E-state index is 0. The van der Waals surface area contributed by atoms with Crippen LogP contribution < -0.4 is 16.4 Å². The zero-order valence-corrected chi connectivity index (χ0v) is 15.2. The topological polar surface area (TPSA) is 84.2 Å². The first-order valence-corrected chi connectivity index (χ1v) is 8.35. The molecule has 0 fully saturated rings. The summed E-state index contributed by atoms with van der Waals surface area (Å²) in [6, 6.07) is 10.1. The summed E-state index contributed by atoms with van der Waals surface area (Å²) in [7, 11) is 0. The third-order valence-electron chi connectivity index (χ3n) is 3.20. The smallest absolute Gasteiger partial charge is 0.265 e. The number of amides is 2. The molecule has 1 heterocycles. The van der Waals surface area contributed by atoms with E-state index in [1.54, 1.807) is 30.3 Å². The van der Waals surface area contributed by atoms with Crippen LogP contribution in [0.3, 0.4) is 0 Å². The van der Waals surface area contributed by atoms with Crippen LogP contribution in [-0.4, -0.2) is 17.9 Å². The summed E-state index contributed by atoms with van der Waals surface area (Å²) < 4.78 is 0. The average Bonchev–Trinajstić information content (AvgIpc) is 3.01. The van der Waals surface area contributed by atoms with Gasteiger partial charge in [-0.05, 0) is 42.0 Å². The highest BCUT2D eigenvalue weighted by Gasteiger charge is 2.15. The molecule has 0 spiro atoms. The molecule has 0 aliphatic heterocycles. The quantitative estimate of drug-likeness (QED) is 0.727. The molecular formula is C17H22ClN3O2S. The molecule has 0 radical (unpaired) electrons. The number of nitrogens with one attached hydrogen (secondary N) is 2. The van der Waals surface area contributed by atoms with E-state index in [1.165, 1.54) is 11.3 Å². The number of rotatable bonds is 6. The standard InChI is InChI=1S/C17H21N3O2S.ClH/c1-11(2)9-14(18)16(21)19-12-5-3-6-13(10-12)20-17(22)15-7-4-8-23-15;/h3-8,10-11,14H,9,18H2,1-2H3,(H,19,21)(H,20,22);1H/t14-;/m0./s1. The van der Waals surface area contributed by atoms with E-state index in [9.17, 15) is 9.59 Å². The third kappa shape index (κ3) is 5.96. The van der Waals surface area contributed by atoms with Crippen molar-refractivity contribution < 1.29 is 9.59 Å². The van der Waals surface area contributed by atoms with Gasteiger partial charge in [0.25, 0.3) is 5.91 Å². The number of carbonyl (C=O) groups excluding carboxylic acids is 2. The van der Waals surface area contributed by atoms with Crippen LogP contribution in [0.2, 0.25) is 0 Å². The molecule has 4 N–H and O–H groups in total. The molecule has 0 bridgehead atoms. The van der Waals surface area contributed by atoms with Crippen molar-refractivity contribution in [3.63, 3.8) is 0 Å². The predicted molar refractivity (Wildman–Crippen MR) is 102 cm³/mol. The molecule has 130 valence electrons. The fraction of sp³-hybridized carbons (Fsp3) is 0.294. The second-order valence-electron chi connectivity index (χ2n) is 5.74. The molecule has 1 aromatic carbocycles. The number of halogens is 1. The van der Waals surface area contributed by atoms with Crippen LogP contribution in [0.15, 0.2) is 41.8 Å². The van der Waals surface area contributed by atoms with Gasteiger partial charge in [-0.3, -0.25) is 9.59 Å². The van der Waals surface area contributed by atoms with Gasteiger partial charge in [0.1, 0.15) is 0 Å². The maximum Gasteiger partial charge on any atom is 0.265 e. The lowest BCUT2D eigenvalue weighted by molar-refractivity contribution is -0.117. The minimum Gasteiger partial charge on any atom is -0.325 e. The molecule has 0 saturated heterocycles. The van der Waals surface area contributed by atoms with Crippen LogP contribution in [0.5, 0.6) is 0 Å². The molecule has 2 rings (SSSR count). The highest BCUT2D eigenvalue weighted by atomic mass is 35.5. The van der Waals surface area contributed by atoms with E-state index in [4.69, 9.17) is 5.73 Å². The second kappa shape index (κ2) is 9.42. The Bertz CT molecular complexity index is 674. The fourth-order valence-electron chi connectivity index (χ4n) is 2.13. The molecule has 5 nitrogen and oxygen atoms in total. The first-order valence-electron chi connectivity index (χ1n) is 7.47. The Hall–Kier alpha value is -1.89. The SMILES string of the molecule is CC(C)C[C@H](N)C(=O)Nc1cccc(NC(=O)c2cccs2)c1.Cl. The van der Waals surface area contributed by atoms with Gasteiger partial charge in [-0.15, -0.1) is 23.7 Å². The summed E-state index contributed by atoms with van der Waals surface area (Å²) in [5, 5.41) is 7.44. The number of benzene rings is 1. The van der Waals surface area contributed by atoms with Crippen LogP contribution in [0.25, 0.3) is 0 Å². The van der Waals surface area contributed by atoms with Crippen molar-refractivity contribution in [1.29, 1.82) is 0 Å². The Labute approximate surface area is 152 Å². The van der Waals surface area contributed by atoms with E-state index in [2.05, 4.69) is 10.6 Å². The summed E-state index contributed by atoms with van der Waals surface area (Å²) in [4.78, 5) is 24.7. The first-order chi connectivity index (χ1) is 11.0. The maximum atomic E-state index is 12.0. The number of thiophene rings is 1. The molecule has 0 aliphatic carbocycles. The van der Waals surface area contributed by atoms with Crippen LogP contribution >= 0.6 is 23.7 Å². The normalized spacial score (nSPS) is 11.5. The lowest BCUT2D eigenvalue weighted by Crippen LogP contribution is -2.36. The van der Waals surface area contributed by atoms with Crippen molar-refractivity contribution in [2.75, 3.05) is 10.6 Å². The molecule has 7 heteroatoms. The zero-order chi connectivity index (χ0) is 16.8. The first kappa shape index (κ1) is 20.2. The predicted octanol–water partition coefficient (Wildman–Crippen LogP) is 3.73. The van der Waals surface area contributed by atoms with Gasteiger partial charge in [0.15, 0.2) is 0 Å². The van der Waals surface area contributed by atoms with Crippen LogP contribution in [0, 0.1) is 5.92 Å². The van der Waals surface area contributed by atoms with E-state index in [0.29, 0.717) is 28.6 Å². The van der Waals surface area contributed by atoms with Crippen molar-refractivity contribution in [3.05, 3.63) is 46.7 Å². The minimum atomic E-state index is -0.542. The third-order valence-corrected chi connectivity index (χ3v) is 4.06. The maximum absolute atomic E-state index is 12.0. The van der Waals surface area contributed by atoms with Gasteiger partial charge in [-0.1, -0.05) is 26.0 Å². The Morgan fingerprint density at radius 3 is 2.38 bits per heavy atom. The van der Waals surface area contributed by atoms with Gasteiger partial charge in [0, 0.05) is 11.4 Å². The van der Waals surface area contributed by atoms with Crippen LogP contribution in [0.4, 0.5) is 11.4 Å². The number of anilines is 2. The molecule has 0 saturated carbocycles. The number of nitrogens with two attached hydrogens (primary N) is 1. The van der Waals surface area contributed by atoms with E-state index < -0.39 is 6.04 Å². The summed E-state index contributed by atoms with van der Waals surface area (Å²) >= 11 is 1.38. The molecule has 2 aromatic rings.